The maximum atomic E-state index is 12.6. The van der Waals surface area contributed by atoms with E-state index < -0.39 is 15.8 Å². The minimum absolute atomic E-state index is 0.0206. The molecule has 2 aliphatic rings. The Labute approximate surface area is 146 Å². The van der Waals surface area contributed by atoms with Gasteiger partial charge in [-0.3, -0.25) is 4.79 Å². The molecule has 6 nitrogen and oxygen atoms in total. The Morgan fingerprint density at radius 3 is 2.80 bits per heavy atom. The standard InChI is InChI=1S/C18H20N2O4S/c21-18(14-7-9-25(22,23)12-14)20-8-6-16-15(11-20)19-17(24-16)10-13-4-2-1-3-5-13/h1-5,14H,6-12H2. The summed E-state index contributed by atoms with van der Waals surface area (Å²) in [5.41, 5.74) is 1.93. The van der Waals surface area contributed by atoms with Gasteiger partial charge in [0, 0.05) is 19.4 Å². The maximum absolute atomic E-state index is 12.6. The van der Waals surface area contributed by atoms with Crippen LogP contribution in [0.5, 0.6) is 0 Å². The number of rotatable bonds is 3. The van der Waals surface area contributed by atoms with Crippen molar-refractivity contribution in [2.24, 2.45) is 5.92 Å². The predicted octanol–water partition coefficient (Wildman–Crippen LogP) is 1.58. The molecule has 1 amide bonds. The van der Waals surface area contributed by atoms with Gasteiger partial charge in [0.1, 0.15) is 11.5 Å². The zero-order chi connectivity index (χ0) is 17.4. The van der Waals surface area contributed by atoms with Gasteiger partial charge in [-0.15, -0.1) is 0 Å². The van der Waals surface area contributed by atoms with Crippen molar-refractivity contribution in [1.29, 1.82) is 0 Å². The molecule has 0 N–H and O–H groups in total. The van der Waals surface area contributed by atoms with E-state index in [0.29, 0.717) is 38.2 Å². The average Bonchev–Trinajstić information content (AvgIpc) is 3.16. The number of carbonyl (C=O) groups excluding carboxylic acids is 1. The first-order valence-corrected chi connectivity index (χ1v) is 10.3. The molecule has 2 aliphatic heterocycles. The van der Waals surface area contributed by atoms with E-state index in [1.807, 2.05) is 30.3 Å². The number of sulfone groups is 1. The Bertz CT molecular complexity index is 889. The van der Waals surface area contributed by atoms with E-state index in [1.54, 1.807) is 4.90 Å². The first kappa shape index (κ1) is 16.3. The van der Waals surface area contributed by atoms with Gasteiger partial charge in [0.05, 0.1) is 24.0 Å². The normalized spacial score (nSPS) is 21.9. The van der Waals surface area contributed by atoms with Crippen LogP contribution >= 0.6 is 0 Å². The second kappa shape index (κ2) is 6.29. The van der Waals surface area contributed by atoms with Crippen LogP contribution in [0.2, 0.25) is 0 Å². The molecule has 132 valence electrons. The second-order valence-electron chi connectivity index (χ2n) is 6.75. The van der Waals surface area contributed by atoms with Crippen molar-refractivity contribution in [3.63, 3.8) is 0 Å². The molecule has 0 spiro atoms. The molecular weight excluding hydrogens is 340 g/mol. The van der Waals surface area contributed by atoms with Gasteiger partial charge in [-0.1, -0.05) is 30.3 Å². The molecule has 4 rings (SSSR count). The lowest BCUT2D eigenvalue weighted by atomic mass is 10.1. The zero-order valence-corrected chi connectivity index (χ0v) is 14.7. The molecule has 1 fully saturated rings. The van der Waals surface area contributed by atoms with Crippen LogP contribution in [-0.2, 0) is 34.0 Å². The van der Waals surface area contributed by atoms with Crippen molar-refractivity contribution in [2.75, 3.05) is 18.1 Å². The summed E-state index contributed by atoms with van der Waals surface area (Å²) in [4.78, 5) is 18.9. The Kier molecular flexibility index (Phi) is 4.11. The molecule has 1 aromatic carbocycles. The number of carbonyl (C=O) groups is 1. The smallest absolute Gasteiger partial charge is 0.227 e. The van der Waals surface area contributed by atoms with Crippen molar-refractivity contribution in [3.8, 4) is 0 Å². The first-order valence-electron chi connectivity index (χ1n) is 8.51. The summed E-state index contributed by atoms with van der Waals surface area (Å²) in [7, 11) is -3.05. The molecule has 3 heterocycles. The van der Waals surface area contributed by atoms with Gasteiger partial charge < -0.3 is 9.32 Å². The molecular formula is C18H20N2O4S. The summed E-state index contributed by atoms with van der Waals surface area (Å²) in [6.07, 6.45) is 1.69. The third-order valence-electron chi connectivity index (χ3n) is 4.86. The van der Waals surface area contributed by atoms with E-state index in [9.17, 15) is 13.2 Å². The van der Waals surface area contributed by atoms with Crippen LogP contribution in [0.25, 0.3) is 0 Å². The number of nitrogens with zero attached hydrogens (tertiary/aromatic N) is 2. The van der Waals surface area contributed by atoms with Gasteiger partial charge in [0.15, 0.2) is 15.7 Å². The average molecular weight is 360 g/mol. The monoisotopic (exact) mass is 360 g/mol. The quantitative estimate of drug-likeness (QED) is 0.830. The summed E-state index contributed by atoms with van der Waals surface area (Å²) in [5, 5.41) is 0. The van der Waals surface area contributed by atoms with Crippen LogP contribution in [-0.4, -0.2) is 42.3 Å². The fraction of sp³-hybridized carbons (Fsp3) is 0.444. The van der Waals surface area contributed by atoms with Crippen LogP contribution in [0.15, 0.2) is 34.7 Å². The highest BCUT2D eigenvalue weighted by Crippen LogP contribution is 2.26. The van der Waals surface area contributed by atoms with Gasteiger partial charge in [0.2, 0.25) is 5.91 Å². The molecule has 0 radical (unpaired) electrons. The summed E-state index contributed by atoms with van der Waals surface area (Å²) in [5.74, 6) is 1.13. The molecule has 1 atom stereocenters. The van der Waals surface area contributed by atoms with Crippen LogP contribution in [0.3, 0.4) is 0 Å². The summed E-state index contributed by atoms with van der Waals surface area (Å²) in [6, 6.07) is 9.98. The van der Waals surface area contributed by atoms with Gasteiger partial charge in [-0.25, -0.2) is 13.4 Å². The van der Waals surface area contributed by atoms with E-state index in [0.717, 1.165) is 17.0 Å². The highest BCUT2D eigenvalue weighted by Gasteiger charge is 2.37. The molecule has 25 heavy (non-hydrogen) atoms. The summed E-state index contributed by atoms with van der Waals surface area (Å²) in [6.45, 7) is 0.964. The first-order chi connectivity index (χ1) is 12.0. The number of hydrogen-bond donors (Lipinski definition) is 0. The number of oxazole rings is 1. The van der Waals surface area contributed by atoms with E-state index in [4.69, 9.17) is 4.42 Å². The molecule has 1 aromatic heterocycles. The Morgan fingerprint density at radius 1 is 1.28 bits per heavy atom. The van der Waals surface area contributed by atoms with Crippen molar-refractivity contribution in [1.82, 2.24) is 9.88 Å². The fourth-order valence-corrected chi connectivity index (χ4v) is 5.27. The van der Waals surface area contributed by atoms with Gasteiger partial charge in [-0.2, -0.15) is 0 Å². The summed E-state index contributed by atoms with van der Waals surface area (Å²) < 4.78 is 29.1. The predicted molar refractivity (Wildman–Crippen MR) is 91.6 cm³/mol. The van der Waals surface area contributed by atoms with E-state index >= 15 is 0 Å². The Hall–Kier alpha value is -2.15. The summed E-state index contributed by atoms with van der Waals surface area (Å²) >= 11 is 0. The highest BCUT2D eigenvalue weighted by atomic mass is 32.2. The largest absolute Gasteiger partial charge is 0.445 e. The van der Waals surface area contributed by atoms with Crippen LogP contribution < -0.4 is 0 Å². The second-order valence-corrected chi connectivity index (χ2v) is 8.98. The van der Waals surface area contributed by atoms with E-state index in [-0.39, 0.29) is 17.4 Å². The topological polar surface area (TPSA) is 80.5 Å². The van der Waals surface area contributed by atoms with Crippen LogP contribution in [0.4, 0.5) is 0 Å². The lowest BCUT2D eigenvalue weighted by Crippen LogP contribution is -2.40. The van der Waals surface area contributed by atoms with Crippen molar-refractivity contribution in [2.45, 2.75) is 25.8 Å². The van der Waals surface area contributed by atoms with Gasteiger partial charge in [-0.05, 0) is 12.0 Å². The highest BCUT2D eigenvalue weighted by molar-refractivity contribution is 7.91. The molecule has 2 aromatic rings. The molecule has 7 heteroatoms. The van der Waals surface area contributed by atoms with Crippen LogP contribution in [0.1, 0.15) is 29.3 Å². The SMILES string of the molecule is O=C(C1CCS(=O)(=O)C1)N1CCc2oc(Cc3ccccc3)nc2C1. The van der Waals surface area contributed by atoms with Gasteiger partial charge in [0.25, 0.3) is 0 Å². The minimum Gasteiger partial charge on any atom is -0.445 e. The Balaban J connectivity index is 1.45. The van der Waals surface area contributed by atoms with E-state index in [1.165, 1.54) is 0 Å². The molecule has 1 saturated heterocycles. The molecule has 0 aliphatic carbocycles. The Morgan fingerprint density at radius 2 is 2.08 bits per heavy atom. The maximum Gasteiger partial charge on any atom is 0.227 e. The van der Waals surface area contributed by atoms with Gasteiger partial charge >= 0.3 is 0 Å². The number of amides is 1. The third kappa shape index (κ3) is 3.46. The fourth-order valence-electron chi connectivity index (χ4n) is 3.53. The number of hydrogen-bond acceptors (Lipinski definition) is 5. The zero-order valence-electron chi connectivity index (χ0n) is 13.8. The number of aromatic nitrogens is 1. The number of fused-ring (bicyclic) bond motifs is 1. The van der Waals surface area contributed by atoms with E-state index in [2.05, 4.69) is 4.98 Å². The van der Waals surface area contributed by atoms with Crippen molar-refractivity contribution < 1.29 is 17.6 Å². The molecule has 0 saturated carbocycles. The van der Waals surface area contributed by atoms with Crippen molar-refractivity contribution >= 4 is 15.7 Å². The third-order valence-corrected chi connectivity index (χ3v) is 6.63. The van der Waals surface area contributed by atoms with Crippen LogP contribution in [0, 0.1) is 5.92 Å². The number of benzene rings is 1. The van der Waals surface area contributed by atoms with Crippen molar-refractivity contribution in [3.05, 3.63) is 53.2 Å². The lowest BCUT2D eigenvalue weighted by molar-refractivity contribution is -0.135. The molecule has 1 unspecified atom stereocenters. The minimum atomic E-state index is -3.05. The lowest BCUT2D eigenvalue weighted by Gasteiger charge is -2.27. The molecule has 0 bridgehead atoms.